The molecule has 33 heavy (non-hydrogen) atoms. The van der Waals surface area contributed by atoms with Gasteiger partial charge in [-0.15, -0.1) is 11.3 Å². The zero-order chi connectivity index (χ0) is 23.5. The van der Waals surface area contributed by atoms with Crippen LogP contribution in [0.25, 0.3) is 11.2 Å². The summed E-state index contributed by atoms with van der Waals surface area (Å²) in [6, 6.07) is 12.0. The summed E-state index contributed by atoms with van der Waals surface area (Å²) >= 11 is 1.58. The molecule has 0 aliphatic carbocycles. The number of imidazole rings is 1. The van der Waals surface area contributed by atoms with Crippen molar-refractivity contribution in [3.63, 3.8) is 0 Å². The second-order valence-corrected chi connectivity index (χ2v) is 9.09. The van der Waals surface area contributed by atoms with E-state index in [9.17, 15) is 14.4 Å². The molecule has 0 saturated heterocycles. The third kappa shape index (κ3) is 4.54. The number of rotatable bonds is 8. The quantitative estimate of drug-likeness (QED) is 0.433. The molecule has 0 spiro atoms. The maximum atomic E-state index is 13.1. The number of carbonyl (C=O) groups is 1. The number of nitrogens with zero attached hydrogens (tertiary/aromatic N) is 4. The van der Waals surface area contributed by atoms with Crippen molar-refractivity contribution in [2.45, 2.75) is 38.8 Å². The molecule has 9 heteroatoms. The van der Waals surface area contributed by atoms with Gasteiger partial charge in [0.1, 0.15) is 6.54 Å². The monoisotopic (exact) mass is 465 g/mol. The third-order valence-corrected chi connectivity index (χ3v) is 6.73. The SMILES string of the molecule is CCCCc1ccc(C(NC(=O)Cn2cnc3c2c(=O)n(C)c(=O)n3C)c2cccs2)cc1. The van der Waals surface area contributed by atoms with E-state index in [1.807, 2.05) is 17.5 Å². The highest BCUT2D eigenvalue weighted by Gasteiger charge is 2.20. The largest absolute Gasteiger partial charge is 0.343 e. The predicted octanol–water partition coefficient (Wildman–Crippen LogP) is 2.74. The van der Waals surface area contributed by atoms with Crippen LogP contribution in [0.3, 0.4) is 0 Å². The number of aromatic nitrogens is 4. The Kier molecular flexibility index (Phi) is 6.60. The van der Waals surface area contributed by atoms with Crippen molar-refractivity contribution in [3.8, 4) is 0 Å². The van der Waals surface area contributed by atoms with E-state index in [0.717, 1.165) is 34.3 Å². The molecule has 0 bridgehead atoms. The number of carbonyl (C=O) groups excluding carboxylic acids is 1. The first-order chi connectivity index (χ1) is 15.9. The molecule has 172 valence electrons. The van der Waals surface area contributed by atoms with E-state index in [0.29, 0.717) is 0 Å². The van der Waals surface area contributed by atoms with Crippen molar-refractivity contribution >= 4 is 28.4 Å². The molecule has 3 heterocycles. The van der Waals surface area contributed by atoms with Crippen molar-refractivity contribution in [1.82, 2.24) is 24.0 Å². The number of amides is 1. The fourth-order valence-electron chi connectivity index (χ4n) is 3.91. The molecule has 4 rings (SSSR count). The normalized spacial score (nSPS) is 12.2. The fourth-order valence-corrected chi connectivity index (χ4v) is 4.71. The van der Waals surface area contributed by atoms with Crippen LogP contribution in [0.4, 0.5) is 0 Å². The highest BCUT2D eigenvalue weighted by Crippen LogP contribution is 2.26. The van der Waals surface area contributed by atoms with Crippen LogP contribution in [0.1, 0.15) is 41.8 Å². The number of thiophene rings is 1. The molecule has 1 atom stereocenters. The molecule has 0 aliphatic heterocycles. The molecule has 3 aromatic heterocycles. The van der Waals surface area contributed by atoms with Gasteiger partial charge in [0, 0.05) is 19.0 Å². The highest BCUT2D eigenvalue weighted by atomic mass is 32.1. The highest BCUT2D eigenvalue weighted by molar-refractivity contribution is 7.10. The van der Waals surface area contributed by atoms with Crippen LogP contribution in [0, 0.1) is 0 Å². The molecule has 1 amide bonds. The zero-order valence-electron chi connectivity index (χ0n) is 18.9. The minimum atomic E-state index is -0.476. The lowest BCUT2D eigenvalue weighted by Crippen LogP contribution is -2.38. The van der Waals surface area contributed by atoms with Crippen LogP contribution in [-0.4, -0.2) is 24.6 Å². The molecule has 1 N–H and O–H groups in total. The first kappa shape index (κ1) is 22.7. The van der Waals surface area contributed by atoms with Crippen molar-refractivity contribution < 1.29 is 4.79 Å². The van der Waals surface area contributed by atoms with Crippen molar-refractivity contribution in [1.29, 1.82) is 0 Å². The van der Waals surface area contributed by atoms with Crippen molar-refractivity contribution in [3.05, 3.63) is 84.9 Å². The number of fused-ring (bicyclic) bond motifs is 1. The Hall–Kier alpha value is -3.46. The summed E-state index contributed by atoms with van der Waals surface area (Å²) in [7, 11) is 2.97. The van der Waals surface area contributed by atoms with E-state index in [1.165, 1.54) is 28.1 Å². The number of hydrogen-bond donors (Lipinski definition) is 1. The van der Waals surface area contributed by atoms with Crippen molar-refractivity contribution in [2.75, 3.05) is 0 Å². The molecule has 8 nitrogen and oxygen atoms in total. The smallest absolute Gasteiger partial charge is 0.332 e. The Morgan fingerprint density at radius 1 is 1.12 bits per heavy atom. The van der Waals surface area contributed by atoms with Gasteiger partial charge in [-0.3, -0.25) is 18.7 Å². The molecule has 4 aromatic rings. The van der Waals surface area contributed by atoms with Crippen LogP contribution in [-0.2, 0) is 31.9 Å². The summed E-state index contributed by atoms with van der Waals surface area (Å²) in [6.45, 7) is 2.09. The topological polar surface area (TPSA) is 90.9 Å². The standard InChI is InChI=1S/C24H27N5O3S/c1-4-5-7-16-9-11-17(12-10-16)20(18-8-6-13-33-18)26-19(30)14-29-15-25-22-21(29)23(31)28(3)24(32)27(22)2/h6,8-13,15,20H,4-5,7,14H2,1-3H3,(H,26,30). The summed E-state index contributed by atoms with van der Waals surface area (Å²) in [5.41, 5.74) is 1.83. The lowest BCUT2D eigenvalue weighted by atomic mass is 10.0. The molecule has 0 radical (unpaired) electrons. The van der Waals surface area contributed by atoms with Gasteiger partial charge in [0.2, 0.25) is 5.91 Å². The Morgan fingerprint density at radius 2 is 1.88 bits per heavy atom. The van der Waals surface area contributed by atoms with Crippen LogP contribution < -0.4 is 16.6 Å². The lowest BCUT2D eigenvalue weighted by molar-refractivity contribution is -0.122. The third-order valence-electron chi connectivity index (χ3n) is 5.80. The summed E-state index contributed by atoms with van der Waals surface area (Å²) in [5, 5.41) is 5.09. The maximum Gasteiger partial charge on any atom is 0.332 e. The maximum absolute atomic E-state index is 13.1. The zero-order valence-corrected chi connectivity index (χ0v) is 19.8. The van der Waals surface area contributed by atoms with Gasteiger partial charge in [-0.2, -0.15) is 0 Å². The Morgan fingerprint density at radius 3 is 2.55 bits per heavy atom. The van der Waals surface area contributed by atoms with Gasteiger partial charge in [0.05, 0.1) is 12.4 Å². The molecule has 0 saturated carbocycles. The van der Waals surface area contributed by atoms with Crippen LogP contribution in [0.15, 0.2) is 57.7 Å². The van der Waals surface area contributed by atoms with Crippen molar-refractivity contribution in [2.24, 2.45) is 14.1 Å². The van der Waals surface area contributed by atoms with Crippen LogP contribution in [0.5, 0.6) is 0 Å². The van der Waals surface area contributed by atoms with Gasteiger partial charge in [0.25, 0.3) is 5.56 Å². The minimum absolute atomic E-state index is 0.0829. The van der Waals surface area contributed by atoms with Gasteiger partial charge in [-0.05, 0) is 35.4 Å². The van der Waals surface area contributed by atoms with Gasteiger partial charge in [-0.25, -0.2) is 9.78 Å². The molecule has 0 fully saturated rings. The Labute approximate surface area is 195 Å². The first-order valence-corrected chi connectivity index (χ1v) is 11.8. The number of unbranched alkanes of at least 4 members (excludes halogenated alkanes) is 1. The first-order valence-electron chi connectivity index (χ1n) is 10.9. The van der Waals surface area contributed by atoms with E-state index in [4.69, 9.17) is 0 Å². The summed E-state index contributed by atoms with van der Waals surface area (Å²) in [4.78, 5) is 43.1. The molecule has 1 aromatic carbocycles. The Balaban J connectivity index is 1.60. The summed E-state index contributed by atoms with van der Waals surface area (Å²) in [5.74, 6) is -0.251. The molecular weight excluding hydrogens is 438 g/mol. The van der Waals surface area contributed by atoms with Crippen LogP contribution in [0.2, 0.25) is 0 Å². The van der Waals surface area contributed by atoms with Gasteiger partial charge in [0.15, 0.2) is 11.2 Å². The van der Waals surface area contributed by atoms with Gasteiger partial charge >= 0.3 is 5.69 Å². The summed E-state index contributed by atoms with van der Waals surface area (Å²) < 4.78 is 3.82. The van der Waals surface area contributed by atoms with E-state index < -0.39 is 11.2 Å². The molecule has 1 unspecified atom stereocenters. The van der Waals surface area contributed by atoms with E-state index in [1.54, 1.807) is 18.4 Å². The predicted molar refractivity (Wildman–Crippen MR) is 130 cm³/mol. The van der Waals surface area contributed by atoms with E-state index in [-0.39, 0.29) is 29.7 Å². The number of aryl methyl sites for hydroxylation is 2. The average molecular weight is 466 g/mol. The molecule has 0 aliphatic rings. The summed E-state index contributed by atoms with van der Waals surface area (Å²) in [6.07, 6.45) is 4.76. The fraction of sp³-hybridized carbons (Fsp3) is 0.333. The average Bonchev–Trinajstić information content (AvgIpc) is 3.49. The minimum Gasteiger partial charge on any atom is -0.343 e. The van der Waals surface area contributed by atoms with Gasteiger partial charge < -0.3 is 9.88 Å². The lowest BCUT2D eigenvalue weighted by Gasteiger charge is -2.19. The van der Waals surface area contributed by atoms with E-state index >= 15 is 0 Å². The number of nitrogens with one attached hydrogen (secondary N) is 1. The second-order valence-electron chi connectivity index (χ2n) is 8.11. The number of benzene rings is 1. The van der Waals surface area contributed by atoms with E-state index in [2.05, 4.69) is 41.5 Å². The second kappa shape index (κ2) is 9.58. The number of hydrogen-bond acceptors (Lipinski definition) is 5. The van der Waals surface area contributed by atoms with Gasteiger partial charge in [-0.1, -0.05) is 43.7 Å². The Bertz CT molecular complexity index is 1380. The molecular formula is C24H27N5O3S. The van der Waals surface area contributed by atoms with Crippen LogP contribution >= 0.6 is 11.3 Å².